The summed E-state index contributed by atoms with van der Waals surface area (Å²) < 4.78 is 26.0. The fraction of sp³-hybridized carbons (Fsp3) is 0.333. The van der Waals surface area contributed by atoms with Crippen molar-refractivity contribution in [1.29, 1.82) is 0 Å². The van der Waals surface area contributed by atoms with Crippen LogP contribution in [0.25, 0.3) is 0 Å². The third-order valence-electron chi connectivity index (χ3n) is 2.68. The molecule has 1 atom stereocenters. The largest absolute Gasteiger partial charge is 0.384 e. The lowest BCUT2D eigenvalue weighted by Crippen LogP contribution is -2.03. The highest BCUT2D eigenvalue weighted by molar-refractivity contribution is 5.29. The molecule has 15 heavy (non-hydrogen) atoms. The Morgan fingerprint density at radius 3 is 2.67 bits per heavy atom. The van der Waals surface area contributed by atoms with Crippen LogP contribution in [0.3, 0.4) is 0 Å². The van der Waals surface area contributed by atoms with Gasteiger partial charge >= 0.3 is 0 Å². The average Bonchev–Trinajstić information content (AvgIpc) is 2.69. The highest BCUT2D eigenvalue weighted by Crippen LogP contribution is 2.31. The molecule has 0 spiro atoms. The third-order valence-corrected chi connectivity index (χ3v) is 2.68. The molecule has 2 rings (SSSR count). The molecule has 0 saturated heterocycles. The standard InChI is InChI=1S/C12H12F2O/c13-9-5-6-10(11(14)7-9)12(15)8-3-1-2-4-8/h3,5-7,12,15H,1-2,4H2. The van der Waals surface area contributed by atoms with E-state index in [2.05, 4.69) is 0 Å². The number of hydrogen-bond acceptors (Lipinski definition) is 1. The van der Waals surface area contributed by atoms with Crippen LogP contribution in [0.5, 0.6) is 0 Å². The Kier molecular flexibility index (Phi) is 2.82. The quantitative estimate of drug-likeness (QED) is 0.743. The molecule has 1 unspecified atom stereocenters. The molecule has 0 radical (unpaired) electrons. The van der Waals surface area contributed by atoms with Crippen molar-refractivity contribution in [1.82, 2.24) is 0 Å². The number of aliphatic hydroxyl groups excluding tert-OH is 1. The normalized spacial score (nSPS) is 17.7. The molecule has 1 N–H and O–H groups in total. The smallest absolute Gasteiger partial charge is 0.132 e. The topological polar surface area (TPSA) is 20.2 Å². The van der Waals surface area contributed by atoms with Crippen molar-refractivity contribution in [2.75, 3.05) is 0 Å². The third kappa shape index (κ3) is 2.07. The molecule has 80 valence electrons. The van der Waals surface area contributed by atoms with Gasteiger partial charge in [-0.15, -0.1) is 0 Å². The molecule has 1 aromatic carbocycles. The number of halogens is 2. The fourth-order valence-electron chi connectivity index (χ4n) is 1.87. The first kappa shape index (κ1) is 10.3. The summed E-state index contributed by atoms with van der Waals surface area (Å²) in [5.74, 6) is -1.31. The molecule has 1 aliphatic carbocycles. The number of aliphatic hydroxyl groups is 1. The Labute approximate surface area is 87.1 Å². The van der Waals surface area contributed by atoms with Gasteiger partial charge < -0.3 is 5.11 Å². The summed E-state index contributed by atoms with van der Waals surface area (Å²) in [5.41, 5.74) is 0.991. The molecule has 0 bridgehead atoms. The van der Waals surface area contributed by atoms with Crippen LogP contribution in [0.4, 0.5) is 8.78 Å². The first-order chi connectivity index (χ1) is 7.18. The number of rotatable bonds is 2. The minimum Gasteiger partial charge on any atom is -0.384 e. The monoisotopic (exact) mass is 210 g/mol. The zero-order valence-electron chi connectivity index (χ0n) is 8.21. The van der Waals surface area contributed by atoms with Crippen molar-refractivity contribution in [3.63, 3.8) is 0 Å². The highest BCUT2D eigenvalue weighted by Gasteiger charge is 2.19. The van der Waals surface area contributed by atoms with Crippen LogP contribution in [-0.2, 0) is 0 Å². The second-order valence-electron chi connectivity index (χ2n) is 3.74. The zero-order valence-corrected chi connectivity index (χ0v) is 8.21. The first-order valence-electron chi connectivity index (χ1n) is 5.00. The molecule has 0 saturated carbocycles. The van der Waals surface area contributed by atoms with Gasteiger partial charge in [-0.3, -0.25) is 0 Å². The van der Waals surface area contributed by atoms with Gasteiger partial charge in [-0.05, 0) is 30.9 Å². The summed E-state index contributed by atoms with van der Waals surface area (Å²) in [7, 11) is 0. The van der Waals surface area contributed by atoms with E-state index in [1.165, 1.54) is 6.07 Å². The second kappa shape index (κ2) is 4.11. The zero-order chi connectivity index (χ0) is 10.8. The molecule has 0 fully saturated rings. The second-order valence-corrected chi connectivity index (χ2v) is 3.74. The van der Waals surface area contributed by atoms with Gasteiger partial charge in [0.1, 0.15) is 17.7 Å². The van der Waals surface area contributed by atoms with E-state index in [1.807, 2.05) is 6.08 Å². The molecule has 3 heteroatoms. The van der Waals surface area contributed by atoms with E-state index >= 15 is 0 Å². The molecule has 0 aliphatic heterocycles. The molecule has 1 aliphatic rings. The molecule has 0 heterocycles. The lowest BCUT2D eigenvalue weighted by Gasteiger charge is -2.13. The summed E-state index contributed by atoms with van der Waals surface area (Å²) in [6, 6.07) is 3.26. The van der Waals surface area contributed by atoms with E-state index in [1.54, 1.807) is 0 Å². The van der Waals surface area contributed by atoms with Crippen molar-refractivity contribution >= 4 is 0 Å². The Balaban J connectivity index is 2.28. The number of benzene rings is 1. The maximum Gasteiger partial charge on any atom is 0.132 e. The summed E-state index contributed by atoms with van der Waals surface area (Å²) in [6.45, 7) is 0. The Morgan fingerprint density at radius 2 is 2.07 bits per heavy atom. The van der Waals surface area contributed by atoms with Crippen LogP contribution in [-0.4, -0.2) is 5.11 Å². The molecule has 0 aromatic heterocycles. The van der Waals surface area contributed by atoms with Gasteiger partial charge in [0.25, 0.3) is 0 Å². The van der Waals surface area contributed by atoms with Crippen molar-refractivity contribution in [2.45, 2.75) is 25.4 Å². The Hall–Kier alpha value is -1.22. The van der Waals surface area contributed by atoms with Crippen LogP contribution in [0.1, 0.15) is 30.9 Å². The lowest BCUT2D eigenvalue weighted by atomic mass is 10.0. The van der Waals surface area contributed by atoms with E-state index in [4.69, 9.17) is 0 Å². The Bertz CT molecular complexity index is 399. The van der Waals surface area contributed by atoms with Gasteiger partial charge in [0.15, 0.2) is 0 Å². The van der Waals surface area contributed by atoms with Crippen LogP contribution in [0.15, 0.2) is 29.8 Å². The van der Waals surface area contributed by atoms with Gasteiger partial charge in [-0.25, -0.2) is 8.78 Å². The van der Waals surface area contributed by atoms with Gasteiger partial charge in [0, 0.05) is 11.6 Å². The van der Waals surface area contributed by atoms with E-state index in [0.29, 0.717) is 0 Å². The van der Waals surface area contributed by atoms with Crippen molar-refractivity contribution in [3.8, 4) is 0 Å². The van der Waals surface area contributed by atoms with Crippen LogP contribution in [0, 0.1) is 11.6 Å². The van der Waals surface area contributed by atoms with Crippen molar-refractivity contribution < 1.29 is 13.9 Å². The molecule has 1 nitrogen and oxygen atoms in total. The maximum atomic E-state index is 13.3. The number of allylic oxidation sites excluding steroid dienone is 1. The Morgan fingerprint density at radius 1 is 1.27 bits per heavy atom. The maximum absolute atomic E-state index is 13.3. The van der Waals surface area contributed by atoms with E-state index in [0.717, 1.165) is 37.0 Å². The predicted molar refractivity (Wildman–Crippen MR) is 53.3 cm³/mol. The molecular weight excluding hydrogens is 198 g/mol. The molecular formula is C12H12F2O. The van der Waals surface area contributed by atoms with E-state index < -0.39 is 17.7 Å². The van der Waals surface area contributed by atoms with Crippen LogP contribution < -0.4 is 0 Å². The van der Waals surface area contributed by atoms with Crippen LogP contribution >= 0.6 is 0 Å². The van der Waals surface area contributed by atoms with E-state index in [-0.39, 0.29) is 5.56 Å². The predicted octanol–water partition coefficient (Wildman–Crippen LogP) is 3.11. The van der Waals surface area contributed by atoms with Crippen molar-refractivity contribution in [3.05, 3.63) is 47.0 Å². The van der Waals surface area contributed by atoms with Gasteiger partial charge in [0.2, 0.25) is 0 Å². The fourth-order valence-corrected chi connectivity index (χ4v) is 1.87. The summed E-state index contributed by atoms with van der Waals surface area (Å²) in [5, 5.41) is 9.86. The first-order valence-corrected chi connectivity index (χ1v) is 5.00. The van der Waals surface area contributed by atoms with E-state index in [9.17, 15) is 13.9 Å². The SMILES string of the molecule is OC(C1=CCCC1)c1ccc(F)cc1F. The van der Waals surface area contributed by atoms with Gasteiger partial charge in [0.05, 0.1) is 0 Å². The summed E-state index contributed by atoms with van der Waals surface area (Å²) in [4.78, 5) is 0. The summed E-state index contributed by atoms with van der Waals surface area (Å²) in [6.07, 6.45) is 3.71. The van der Waals surface area contributed by atoms with Gasteiger partial charge in [-0.2, -0.15) is 0 Å². The molecule has 0 amide bonds. The van der Waals surface area contributed by atoms with Crippen LogP contribution in [0.2, 0.25) is 0 Å². The lowest BCUT2D eigenvalue weighted by molar-refractivity contribution is 0.207. The highest BCUT2D eigenvalue weighted by atomic mass is 19.1. The minimum atomic E-state index is -0.923. The minimum absolute atomic E-state index is 0.157. The number of hydrogen-bond donors (Lipinski definition) is 1. The summed E-state index contributed by atoms with van der Waals surface area (Å²) >= 11 is 0. The molecule has 1 aromatic rings. The van der Waals surface area contributed by atoms with Gasteiger partial charge in [-0.1, -0.05) is 12.1 Å². The van der Waals surface area contributed by atoms with Crippen molar-refractivity contribution in [2.24, 2.45) is 0 Å². The average molecular weight is 210 g/mol.